The number of carbonyl (C=O) groups excluding carboxylic acids is 3. The van der Waals surface area contributed by atoms with Gasteiger partial charge in [-0.3, -0.25) is 14.4 Å². The average molecular weight is 984 g/mol. The summed E-state index contributed by atoms with van der Waals surface area (Å²) in [7, 11) is 0. The number of carbonyl (C=O) groups is 3. The second-order valence-electron chi connectivity index (χ2n) is 21.0. The standard InChI is InChI=1S/C64H118O6/c1-4-7-10-13-16-19-22-25-28-31-33-36-39-42-45-48-51-54-57-63(66)69-60-61(59-68-62(65)56-53-50-47-44-41-38-35-30-27-24-21-18-15-12-9-6-3)70-64(67)58-55-52-49-46-43-40-37-34-32-29-26-23-20-17-14-11-8-5-2/h28,30-31,33,35-36,61H,4-27,29,32,34,37-60H2,1-3H3/b31-28-,35-30-,36-33-. The van der Waals surface area contributed by atoms with Crippen LogP contribution in [0.3, 0.4) is 0 Å². The van der Waals surface area contributed by atoms with Gasteiger partial charge in [0.2, 0.25) is 0 Å². The quantitative estimate of drug-likeness (QED) is 0.0199. The molecule has 0 fully saturated rings. The Labute approximate surface area is 435 Å². The molecule has 0 aromatic rings. The first-order chi connectivity index (χ1) is 34.5. The Balaban J connectivity index is 4.37. The first-order valence-electron chi connectivity index (χ1n) is 31.0. The van der Waals surface area contributed by atoms with Gasteiger partial charge in [-0.05, 0) is 70.6 Å². The van der Waals surface area contributed by atoms with E-state index in [0.29, 0.717) is 19.3 Å². The topological polar surface area (TPSA) is 78.9 Å². The third-order valence-electron chi connectivity index (χ3n) is 13.9. The molecule has 0 aliphatic carbocycles. The molecule has 6 nitrogen and oxygen atoms in total. The SMILES string of the molecule is CCCCCCCCC/C=C\C=C/CCCCCCCC(=O)OCC(COC(=O)CCCCCCC/C=C\CCCCCCCCC)OC(=O)CCCCCCCCCCCCCCCCCCCC. The second-order valence-corrected chi connectivity index (χ2v) is 21.0. The van der Waals surface area contributed by atoms with Crippen LogP contribution in [0.25, 0.3) is 0 Å². The zero-order valence-corrected chi connectivity index (χ0v) is 47.1. The number of rotatable bonds is 57. The molecular formula is C64H118O6. The monoisotopic (exact) mass is 983 g/mol. The van der Waals surface area contributed by atoms with Gasteiger partial charge in [0.25, 0.3) is 0 Å². The summed E-state index contributed by atoms with van der Waals surface area (Å²) in [6.07, 6.45) is 71.4. The lowest BCUT2D eigenvalue weighted by molar-refractivity contribution is -0.167. The highest BCUT2D eigenvalue weighted by atomic mass is 16.6. The van der Waals surface area contributed by atoms with E-state index in [4.69, 9.17) is 14.2 Å². The molecule has 0 aromatic heterocycles. The van der Waals surface area contributed by atoms with Gasteiger partial charge in [-0.25, -0.2) is 0 Å². The molecule has 0 bridgehead atoms. The maximum absolute atomic E-state index is 12.9. The molecule has 0 aliphatic rings. The first-order valence-corrected chi connectivity index (χ1v) is 31.0. The number of esters is 3. The van der Waals surface area contributed by atoms with E-state index >= 15 is 0 Å². The van der Waals surface area contributed by atoms with E-state index in [9.17, 15) is 14.4 Å². The van der Waals surface area contributed by atoms with Crippen LogP contribution in [0, 0.1) is 0 Å². The van der Waals surface area contributed by atoms with E-state index in [0.717, 1.165) is 83.5 Å². The largest absolute Gasteiger partial charge is 0.462 e. The van der Waals surface area contributed by atoms with Gasteiger partial charge in [0.15, 0.2) is 6.10 Å². The predicted molar refractivity (Wildman–Crippen MR) is 302 cm³/mol. The molecule has 70 heavy (non-hydrogen) atoms. The predicted octanol–water partition coefficient (Wildman–Crippen LogP) is 20.8. The van der Waals surface area contributed by atoms with Crippen molar-refractivity contribution < 1.29 is 28.6 Å². The third kappa shape index (κ3) is 56.5. The molecule has 0 rings (SSSR count). The number of allylic oxidation sites excluding steroid dienone is 6. The zero-order valence-electron chi connectivity index (χ0n) is 47.1. The van der Waals surface area contributed by atoms with Crippen LogP contribution >= 0.6 is 0 Å². The maximum atomic E-state index is 12.9. The van der Waals surface area contributed by atoms with Crippen molar-refractivity contribution in [1.29, 1.82) is 0 Å². The fraction of sp³-hybridized carbons (Fsp3) is 0.859. The molecule has 0 spiro atoms. The fourth-order valence-electron chi connectivity index (χ4n) is 9.20. The second kappa shape index (κ2) is 59.2. The summed E-state index contributed by atoms with van der Waals surface area (Å²) >= 11 is 0. The molecule has 1 unspecified atom stereocenters. The van der Waals surface area contributed by atoms with E-state index in [2.05, 4.69) is 57.2 Å². The molecule has 0 amide bonds. The van der Waals surface area contributed by atoms with Crippen LogP contribution in [0.1, 0.15) is 335 Å². The summed E-state index contributed by atoms with van der Waals surface area (Å²) in [6, 6.07) is 0. The van der Waals surface area contributed by atoms with Crippen molar-refractivity contribution >= 4 is 17.9 Å². The highest BCUT2D eigenvalue weighted by Crippen LogP contribution is 2.17. The molecule has 410 valence electrons. The van der Waals surface area contributed by atoms with E-state index in [1.807, 2.05) is 0 Å². The van der Waals surface area contributed by atoms with Crippen molar-refractivity contribution in [3.8, 4) is 0 Å². The Morgan fingerprint density at radius 3 is 0.800 bits per heavy atom. The molecule has 0 radical (unpaired) electrons. The first kappa shape index (κ1) is 67.6. The Bertz CT molecular complexity index is 1170. The summed E-state index contributed by atoms with van der Waals surface area (Å²) in [4.78, 5) is 38.3. The van der Waals surface area contributed by atoms with Gasteiger partial charge in [0.1, 0.15) is 13.2 Å². The number of unbranched alkanes of at least 4 members (excludes halogenated alkanes) is 41. The van der Waals surface area contributed by atoms with Gasteiger partial charge in [-0.2, -0.15) is 0 Å². The van der Waals surface area contributed by atoms with E-state index < -0.39 is 6.10 Å². The number of hydrogen-bond donors (Lipinski definition) is 0. The summed E-state index contributed by atoms with van der Waals surface area (Å²) in [5, 5.41) is 0. The Morgan fingerprint density at radius 2 is 0.514 bits per heavy atom. The highest BCUT2D eigenvalue weighted by Gasteiger charge is 2.19. The maximum Gasteiger partial charge on any atom is 0.306 e. The van der Waals surface area contributed by atoms with Gasteiger partial charge in [-0.15, -0.1) is 0 Å². The normalized spacial score (nSPS) is 12.2. The molecule has 0 aromatic carbocycles. The van der Waals surface area contributed by atoms with Crippen LogP contribution in [0.5, 0.6) is 0 Å². The minimum atomic E-state index is -0.780. The van der Waals surface area contributed by atoms with E-state index in [1.165, 1.54) is 212 Å². The lowest BCUT2D eigenvalue weighted by Crippen LogP contribution is -2.30. The molecule has 6 heteroatoms. The molecule has 0 heterocycles. The van der Waals surface area contributed by atoms with Crippen LogP contribution < -0.4 is 0 Å². The Kier molecular flexibility index (Phi) is 57.2. The summed E-state index contributed by atoms with van der Waals surface area (Å²) in [5.74, 6) is -0.878. The van der Waals surface area contributed by atoms with Crippen molar-refractivity contribution in [3.05, 3.63) is 36.5 Å². The average Bonchev–Trinajstić information content (AvgIpc) is 3.36. The summed E-state index contributed by atoms with van der Waals surface area (Å²) < 4.78 is 16.9. The van der Waals surface area contributed by atoms with Crippen LogP contribution in [0.2, 0.25) is 0 Å². The van der Waals surface area contributed by atoms with Crippen molar-refractivity contribution in [2.24, 2.45) is 0 Å². The number of hydrogen-bond acceptors (Lipinski definition) is 6. The fourth-order valence-corrected chi connectivity index (χ4v) is 9.20. The van der Waals surface area contributed by atoms with Crippen molar-refractivity contribution in [1.82, 2.24) is 0 Å². The number of ether oxygens (including phenoxy) is 3. The van der Waals surface area contributed by atoms with Crippen molar-refractivity contribution in [3.63, 3.8) is 0 Å². The molecule has 0 N–H and O–H groups in total. The lowest BCUT2D eigenvalue weighted by Gasteiger charge is -2.18. The van der Waals surface area contributed by atoms with Crippen LogP contribution in [0.15, 0.2) is 36.5 Å². The Morgan fingerprint density at radius 1 is 0.286 bits per heavy atom. The van der Waals surface area contributed by atoms with Crippen molar-refractivity contribution in [2.75, 3.05) is 13.2 Å². The van der Waals surface area contributed by atoms with Gasteiger partial charge in [-0.1, -0.05) is 282 Å². The summed E-state index contributed by atoms with van der Waals surface area (Å²) in [5.41, 5.74) is 0. The van der Waals surface area contributed by atoms with Gasteiger partial charge in [0, 0.05) is 19.3 Å². The smallest absolute Gasteiger partial charge is 0.306 e. The molecule has 0 saturated carbocycles. The van der Waals surface area contributed by atoms with Gasteiger partial charge < -0.3 is 14.2 Å². The van der Waals surface area contributed by atoms with Crippen molar-refractivity contribution in [2.45, 2.75) is 341 Å². The lowest BCUT2D eigenvalue weighted by atomic mass is 10.0. The van der Waals surface area contributed by atoms with Gasteiger partial charge in [0.05, 0.1) is 0 Å². The summed E-state index contributed by atoms with van der Waals surface area (Å²) in [6.45, 7) is 6.67. The minimum absolute atomic E-state index is 0.0778. The van der Waals surface area contributed by atoms with Crippen LogP contribution in [-0.4, -0.2) is 37.2 Å². The van der Waals surface area contributed by atoms with Crippen LogP contribution in [0.4, 0.5) is 0 Å². The minimum Gasteiger partial charge on any atom is -0.462 e. The van der Waals surface area contributed by atoms with E-state index in [-0.39, 0.29) is 31.1 Å². The Hall–Kier alpha value is -2.37. The molecular weight excluding hydrogens is 865 g/mol. The molecule has 0 saturated heterocycles. The van der Waals surface area contributed by atoms with Gasteiger partial charge >= 0.3 is 17.9 Å². The third-order valence-corrected chi connectivity index (χ3v) is 13.9. The zero-order chi connectivity index (χ0) is 50.7. The molecule has 0 aliphatic heterocycles. The highest BCUT2D eigenvalue weighted by molar-refractivity contribution is 5.71. The van der Waals surface area contributed by atoms with E-state index in [1.54, 1.807) is 0 Å². The molecule has 1 atom stereocenters. The van der Waals surface area contributed by atoms with Crippen LogP contribution in [-0.2, 0) is 28.6 Å².